The average Bonchev–Trinajstić information content (AvgIpc) is 3.28. The van der Waals surface area contributed by atoms with Crippen molar-refractivity contribution >= 4 is 28.3 Å². The summed E-state index contributed by atoms with van der Waals surface area (Å²) in [7, 11) is 0. The monoisotopic (exact) mass is 333 g/mol. The first-order valence-corrected chi connectivity index (χ1v) is 8.20. The van der Waals surface area contributed by atoms with E-state index in [0.717, 1.165) is 18.5 Å². The van der Waals surface area contributed by atoms with E-state index in [2.05, 4.69) is 10.3 Å². The molecule has 5 nitrogen and oxygen atoms in total. The van der Waals surface area contributed by atoms with Crippen LogP contribution in [0, 0.1) is 12.7 Å². The molecule has 120 valence electrons. The zero-order valence-electron chi connectivity index (χ0n) is 12.6. The number of hydrogen-bond acceptors (Lipinski definition) is 4. The molecule has 1 aromatic heterocycles. The lowest BCUT2D eigenvalue weighted by molar-refractivity contribution is -0.117. The van der Waals surface area contributed by atoms with Crippen LogP contribution in [0.25, 0.3) is 0 Å². The second-order valence-corrected chi connectivity index (χ2v) is 6.34. The van der Waals surface area contributed by atoms with Crippen LogP contribution in [0.1, 0.15) is 28.9 Å². The maximum Gasteiger partial charge on any atom is 0.257 e. The third-order valence-corrected chi connectivity index (χ3v) is 4.41. The summed E-state index contributed by atoms with van der Waals surface area (Å²) in [4.78, 5) is 30.3. The van der Waals surface area contributed by atoms with Crippen molar-refractivity contribution in [3.63, 3.8) is 0 Å². The smallest absolute Gasteiger partial charge is 0.257 e. The Bertz CT molecular complexity index is 742. The van der Waals surface area contributed by atoms with Crippen molar-refractivity contribution in [2.45, 2.75) is 25.8 Å². The van der Waals surface area contributed by atoms with E-state index >= 15 is 0 Å². The number of aromatic nitrogens is 1. The molecular weight excluding hydrogens is 317 g/mol. The predicted octanol–water partition coefficient (Wildman–Crippen LogP) is 2.83. The molecule has 0 unspecified atom stereocenters. The first-order chi connectivity index (χ1) is 11.0. The molecule has 1 heterocycles. The Morgan fingerprint density at radius 2 is 2.13 bits per heavy atom. The summed E-state index contributed by atoms with van der Waals surface area (Å²) in [6, 6.07) is 5.84. The van der Waals surface area contributed by atoms with E-state index in [1.807, 2.05) is 12.3 Å². The third kappa shape index (κ3) is 3.73. The summed E-state index contributed by atoms with van der Waals surface area (Å²) in [5, 5.41) is 5.01. The number of carbonyl (C=O) groups excluding carboxylic acids is 2. The number of hydrogen-bond donors (Lipinski definition) is 1. The molecule has 1 aliphatic rings. The first kappa shape index (κ1) is 15.6. The topological polar surface area (TPSA) is 62.3 Å². The molecule has 0 aliphatic heterocycles. The van der Waals surface area contributed by atoms with Crippen LogP contribution in [-0.2, 0) is 4.79 Å². The van der Waals surface area contributed by atoms with Crippen LogP contribution in [0.5, 0.6) is 0 Å². The van der Waals surface area contributed by atoms with E-state index in [9.17, 15) is 14.0 Å². The first-order valence-electron chi connectivity index (χ1n) is 7.32. The second kappa shape index (κ2) is 6.45. The fourth-order valence-corrected chi connectivity index (χ4v) is 2.97. The highest BCUT2D eigenvalue weighted by atomic mass is 32.1. The molecule has 2 amide bonds. The van der Waals surface area contributed by atoms with E-state index in [1.54, 1.807) is 6.07 Å². The quantitative estimate of drug-likeness (QED) is 0.915. The SMILES string of the molecule is Cc1csc(NC(=O)CN(C(=O)c2ccccc2F)C2CC2)n1. The number of anilines is 1. The van der Waals surface area contributed by atoms with Gasteiger partial charge in [-0.1, -0.05) is 12.1 Å². The molecule has 1 aromatic carbocycles. The molecule has 2 aromatic rings. The highest BCUT2D eigenvalue weighted by Crippen LogP contribution is 2.28. The van der Waals surface area contributed by atoms with E-state index < -0.39 is 11.7 Å². The fraction of sp³-hybridized carbons (Fsp3) is 0.312. The zero-order chi connectivity index (χ0) is 16.4. The van der Waals surface area contributed by atoms with Gasteiger partial charge in [-0.25, -0.2) is 9.37 Å². The molecule has 0 radical (unpaired) electrons. The van der Waals surface area contributed by atoms with Crippen molar-refractivity contribution in [3.8, 4) is 0 Å². The number of aryl methyl sites for hydroxylation is 1. The molecule has 7 heteroatoms. The normalized spacial score (nSPS) is 13.7. The van der Waals surface area contributed by atoms with Gasteiger partial charge in [0.25, 0.3) is 5.91 Å². The molecule has 0 saturated heterocycles. The maximum atomic E-state index is 13.8. The van der Waals surface area contributed by atoms with Crippen LogP contribution >= 0.6 is 11.3 Å². The van der Waals surface area contributed by atoms with Crippen molar-refractivity contribution in [1.82, 2.24) is 9.88 Å². The van der Waals surface area contributed by atoms with Crippen LogP contribution < -0.4 is 5.32 Å². The number of benzene rings is 1. The minimum Gasteiger partial charge on any atom is -0.326 e. The van der Waals surface area contributed by atoms with Crippen LogP contribution in [0.2, 0.25) is 0 Å². The van der Waals surface area contributed by atoms with Crippen molar-refractivity contribution in [2.24, 2.45) is 0 Å². The van der Waals surface area contributed by atoms with Gasteiger partial charge in [0.1, 0.15) is 12.4 Å². The van der Waals surface area contributed by atoms with Gasteiger partial charge in [-0.3, -0.25) is 9.59 Å². The van der Waals surface area contributed by atoms with Crippen LogP contribution in [0.4, 0.5) is 9.52 Å². The summed E-state index contributed by atoms with van der Waals surface area (Å²) in [6.45, 7) is 1.74. The number of rotatable bonds is 5. The number of thiazole rings is 1. The largest absolute Gasteiger partial charge is 0.326 e. The van der Waals surface area contributed by atoms with E-state index in [0.29, 0.717) is 5.13 Å². The van der Waals surface area contributed by atoms with Gasteiger partial charge < -0.3 is 10.2 Å². The minimum atomic E-state index is -0.570. The number of nitrogens with zero attached hydrogens (tertiary/aromatic N) is 2. The molecule has 1 fully saturated rings. The lowest BCUT2D eigenvalue weighted by Gasteiger charge is -2.21. The lowest BCUT2D eigenvalue weighted by Crippen LogP contribution is -2.40. The Morgan fingerprint density at radius 3 is 2.74 bits per heavy atom. The summed E-state index contributed by atoms with van der Waals surface area (Å²) in [6.07, 6.45) is 1.67. The van der Waals surface area contributed by atoms with Crippen molar-refractivity contribution in [1.29, 1.82) is 0 Å². The van der Waals surface area contributed by atoms with Crippen LogP contribution in [-0.4, -0.2) is 34.3 Å². The molecule has 0 spiro atoms. The highest BCUT2D eigenvalue weighted by molar-refractivity contribution is 7.13. The van der Waals surface area contributed by atoms with Crippen molar-refractivity contribution in [3.05, 3.63) is 46.7 Å². The standard InChI is InChI=1S/C16H16FN3O2S/c1-10-9-23-16(18-10)19-14(21)8-20(11-6-7-11)15(22)12-4-2-3-5-13(12)17/h2-5,9,11H,6-8H2,1H3,(H,18,19,21). The number of halogens is 1. The average molecular weight is 333 g/mol. The van der Waals surface area contributed by atoms with Gasteiger partial charge in [0.2, 0.25) is 5.91 Å². The molecule has 1 N–H and O–H groups in total. The van der Waals surface area contributed by atoms with Gasteiger partial charge in [0, 0.05) is 11.4 Å². The van der Waals surface area contributed by atoms with Crippen molar-refractivity contribution in [2.75, 3.05) is 11.9 Å². The molecule has 23 heavy (non-hydrogen) atoms. The molecule has 0 bridgehead atoms. The van der Waals surface area contributed by atoms with Gasteiger partial charge in [0.05, 0.1) is 11.3 Å². The number of nitrogens with one attached hydrogen (secondary N) is 1. The molecule has 1 aliphatic carbocycles. The van der Waals surface area contributed by atoms with Crippen LogP contribution in [0.3, 0.4) is 0 Å². The predicted molar refractivity (Wildman–Crippen MR) is 85.9 cm³/mol. The molecule has 3 rings (SSSR count). The molecular formula is C16H16FN3O2S. The molecule has 0 atom stereocenters. The maximum absolute atomic E-state index is 13.8. The molecule has 1 saturated carbocycles. The Hall–Kier alpha value is -2.28. The van der Waals surface area contributed by atoms with Gasteiger partial charge >= 0.3 is 0 Å². The number of amides is 2. The third-order valence-electron chi connectivity index (χ3n) is 3.53. The van der Waals surface area contributed by atoms with Gasteiger partial charge in [-0.05, 0) is 31.9 Å². The van der Waals surface area contributed by atoms with E-state index in [4.69, 9.17) is 0 Å². The van der Waals surface area contributed by atoms with Crippen molar-refractivity contribution < 1.29 is 14.0 Å². The lowest BCUT2D eigenvalue weighted by atomic mass is 10.2. The Labute approximate surface area is 137 Å². The Kier molecular flexibility index (Phi) is 4.38. The van der Waals surface area contributed by atoms with Crippen LogP contribution in [0.15, 0.2) is 29.6 Å². The van der Waals surface area contributed by atoms with Gasteiger partial charge in [-0.15, -0.1) is 11.3 Å². The highest BCUT2D eigenvalue weighted by Gasteiger charge is 2.35. The van der Waals surface area contributed by atoms with Gasteiger partial charge in [0.15, 0.2) is 5.13 Å². The minimum absolute atomic E-state index is 0.00251. The fourth-order valence-electron chi connectivity index (χ4n) is 2.27. The Morgan fingerprint density at radius 1 is 1.39 bits per heavy atom. The zero-order valence-corrected chi connectivity index (χ0v) is 13.4. The summed E-state index contributed by atoms with van der Waals surface area (Å²) < 4.78 is 13.8. The summed E-state index contributed by atoms with van der Waals surface area (Å²) >= 11 is 1.33. The summed E-state index contributed by atoms with van der Waals surface area (Å²) in [5.74, 6) is -1.34. The Balaban J connectivity index is 1.71. The number of carbonyl (C=O) groups is 2. The summed E-state index contributed by atoms with van der Waals surface area (Å²) in [5.41, 5.74) is 0.823. The van der Waals surface area contributed by atoms with E-state index in [-0.39, 0.29) is 24.1 Å². The van der Waals surface area contributed by atoms with Gasteiger partial charge in [-0.2, -0.15) is 0 Å². The van der Waals surface area contributed by atoms with E-state index in [1.165, 1.54) is 34.4 Å². The second-order valence-electron chi connectivity index (χ2n) is 5.49.